The van der Waals surface area contributed by atoms with Crippen molar-refractivity contribution in [2.24, 2.45) is 0 Å². The van der Waals surface area contributed by atoms with E-state index in [0.717, 1.165) is 30.8 Å². The second-order valence-electron chi connectivity index (χ2n) is 8.79. The van der Waals surface area contributed by atoms with E-state index in [9.17, 15) is 27.6 Å². The molecule has 15 heteroatoms. The van der Waals surface area contributed by atoms with Gasteiger partial charge in [0.1, 0.15) is 11.6 Å². The van der Waals surface area contributed by atoms with Crippen LogP contribution >= 0.6 is 0 Å². The van der Waals surface area contributed by atoms with E-state index in [1.54, 1.807) is 4.90 Å². The van der Waals surface area contributed by atoms with Crippen molar-refractivity contribution in [1.82, 2.24) is 25.7 Å². The number of nitrogens with one attached hydrogen (secondary N) is 2. The molecule has 3 fully saturated rings. The zero-order chi connectivity index (χ0) is 24.8. The molecule has 2 bridgehead atoms. The number of rotatable bonds is 5. The van der Waals surface area contributed by atoms with Gasteiger partial charge in [-0.15, -0.1) is 4.28 Å². The highest BCUT2D eigenvalue weighted by Crippen LogP contribution is 2.30. The molecule has 5 amide bonds. The van der Waals surface area contributed by atoms with Crippen molar-refractivity contribution in [2.45, 2.75) is 70.6 Å². The van der Waals surface area contributed by atoms with E-state index in [4.69, 9.17) is 9.29 Å². The minimum absolute atomic E-state index is 0.0908. The predicted octanol–water partition coefficient (Wildman–Crippen LogP) is 0.174. The molecular formula is C18H31N5O9S. The van der Waals surface area contributed by atoms with E-state index in [1.165, 1.54) is 6.42 Å². The molecule has 0 spiro atoms. The van der Waals surface area contributed by atoms with Crippen LogP contribution in [-0.4, -0.2) is 89.6 Å². The number of carbonyl (C=O) groups excluding carboxylic acids is 4. The lowest BCUT2D eigenvalue weighted by Gasteiger charge is -2.29. The SMILES string of the molecule is CC(C)(C)OC(=O)N1CCCCC1.O=CNNC(=O)[C@@H]1CC[C@@H]2CN1C(=O)N2OS(=O)(=O)O. The monoisotopic (exact) mass is 493 g/mol. The van der Waals surface area contributed by atoms with Crippen LogP contribution < -0.4 is 10.9 Å². The summed E-state index contributed by atoms with van der Waals surface area (Å²) in [5, 5.41) is 0.537. The van der Waals surface area contributed by atoms with E-state index < -0.39 is 34.4 Å². The van der Waals surface area contributed by atoms with E-state index in [1.807, 2.05) is 26.2 Å². The summed E-state index contributed by atoms with van der Waals surface area (Å²) >= 11 is 0. The van der Waals surface area contributed by atoms with Crippen molar-refractivity contribution >= 4 is 34.8 Å². The van der Waals surface area contributed by atoms with Gasteiger partial charge in [0.2, 0.25) is 6.41 Å². The standard InChI is InChI=1S/C10H19NO2.C8H12N4O7S/c1-10(2,3)13-9(12)11-7-5-4-6-8-11;13-4-9-10-7(14)6-2-1-5-3-11(6)8(15)12(5)19-20(16,17)18/h4-8H2,1-3H3;4-6H,1-3H2,(H,9,13)(H,10,14)(H,16,17,18)/t;5-,6+/m.1/s1. The van der Waals surface area contributed by atoms with Crippen LogP contribution in [0.2, 0.25) is 0 Å². The first-order valence-electron chi connectivity index (χ1n) is 10.6. The topological polar surface area (TPSA) is 175 Å². The van der Waals surface area contributed by atoms with Gasteiger partial charge in [0, 0.05) is 19.6 Å². The van der Waals surface area contributed by atoms with Gasteiger partial charge in [0.25, 0.3) is 5.91 Å². The molecule has 0 aromatic carbocycles. The van der Waals surface area contributed by atoms with Gasteiger partial charge in [0.05, 0.1) is 6.04 Å². The van der Waals surface area contributed by atoms with E-state index in [0.29, 0.717) is 11.5 Å². The third kappa shape index (κ3) is 8.01. The van der Waals surface area contributed by atoms with Crippen molar-refractivity contribution < 1.29 is 41.2 Å². The fourth-order valence-electron chi connectivity index (χ4n) is 3.69. The Morgan fingerprint density at radius 2 is 1.79 bits per heavy atom. The van der Waals surface area contributed by atoms with Crippen LogP contribution in [0.15, 0.2) is 0 Å². The third-order valence-electron chi connectivity index (χ3n) is 5.06. The summed E-state index contributed by atoms with van der Waals surface area (Å²) in [6, 6.07) is -2.25. The number of urea groups is 1. The molecular weight excluding hydrogens is 462 g/mol. The number of hydrogen-bond donors (Lipinski definition) is 3. The predicted molar refractivity (Wildman–Crippen MR) is 112 cm³/mol. The molecule has 0 aliphatic carbocycles. The molecule has 14 nitrogen and oxygen atoms in total. The molecule has 3 N–H and O–H groups in total. The Morgan fingerprint density at radius 1 is 1.15 bits per heavy atom. The summed E-state index contributed by atoms with van der Waals surface area (Å²) in [5.74, 6) is -0.599. The van der Waals surface area contributed by atoms with Gasteiger partial charge in [-0.2, -0.15) is 13.5 Å². The normalized spacial score (nSPS) is 22.8. The Balaban J connectivity index is 0.000000257. The summed E-state index contributed by atoms with van der Waals surface area (Å²) in [6.45, 7) is 7.50. The largest absolute Gasteiger partial charge is 0.444 e. The van der Waals surface area contributed by atoms with Crippen molar-refractivity contribution in [3.05, 3.63) is 0 Å². The van der Waals surface area contributed by atoms with Crippen LogP contribution in [0.1, 0.15) is 52.9 Å². The van der Waals surface area contributed by atoms with Crippen molar-refractivity contribution in [2.75, 3.05) is 19.6 Å². The zero-order valence-electron chi connectivity index (χ0n) is 18.9. The molecule has 33 heavy (non-hydrogen) atoms. The minimum Gasteiger partial charge on any atom is -0.444 e. The molecule has 0 unspecified atom stereocenters. The second kappa shape index (κ2) is 11.0. The number of ether oxygens (including phenoxy) is 1. The first-order valence-corrected chi connectivity index (χ1v) is 11.9. The van der Waals surface area contributed by atoms with Gasteiger partial charge < -0.3 is 14.5 Å². The molecule has 188 valence electrons. The fraction of sp³-hybridized carbons (Fsp3) is 0.778. The Hall–Kier alpha value is -2.65. The van der Waals surface area contributed by atoms with Crippen LogP contribution in [0.5, 0.6) is 0 Å². The first-order chi connectivity index (χ1) is 15.3. The van der Waals surface area contributed by atoms with Gasteiger partial charge in [-0.1, -0.05) is 0 Å². The lowest BCUT2D eigenvalue weighted by molar-refractivity contribution is -0.129. The number of hydroxylamine groups is 2. The molecule has 0 aromatic rings. The molecule has 3 rings (SSSR count). The number of hydrazine groups is 1. The number of amides is 5. The van der Waals surface area contributed by atoms with Crippen LogP contribution in [0.3, 0.4) is 0 Å². The number of carbonyl (C=O) groups is 4. The van der Waals surface area contributed by atoms with Crippen LogP contribution in [-0.2, 0) is 29.0 Å². The number of hydrogen-bond acceptors (Lipinski definition) is 8. The van der Waals surface area contributed by atoms with Gasteiger partial charge in [0.15, 0.2) is 0 Å². The number of piperidine rings is 2. The average Bonchev–Trinajstić information content (AvgIpc) is 2.95. The summed E-state index contributed by atoms with van der Waals surface area (Å²) in [6.07, 6.45) is 4.15. The Morgan fingerprint density at radius 3 is 2.33 bits per heavy atom. The maximum atomic E-state index is 11.9. The molecule has 0 radical (unpaired) electrons. The number of nitrogens with zero attached hydrogens (tertiary/aromatic N) is 3. The maximum Gasteiger partial charge on any atom is 0.418 e. The lowest BCUT2D eigenvalue weighted by atomic mass is 10.0. The Bertz CT molecular complexity index is 839. The molecule has 3 saturated heterocycles. The third-order valence-corrected chi connectivity index (χ3v) is 5.41. The van der Waals surface area contributed by atoms with E-state index in [2.05, 4.69) is 9.71 Å². The van der Waals surface area contributed by atoms with Crippen molar-refractivity contribution in [3.63, 3.8) is 0 Å². The Labute approximate surface area is 192 Å². The summed E-state index contributed by atoms with van der Waals surface area (Å²) in [4.78, 5) is 48.2. The highest BCUT2D eigenvalue weighted by Gasteiger charge is 2.49. The summed E-state index contributed by atoms with van der Waals surface area (Å²) < 4.78 is 39.4. The number of fused-ring (bicyclic) bond motifs is 2. The first kappa shape index (κ1) is 26.6. The zero-order valence-corrected chi connectivity index (χ0v) is 19.7. The molecule has 0 saturated carbocycles. The minimum atomic E-state index is -4.81. The average molecular weight is 494 g/mol. The van der Waals surface area contributed by atoms with Crippen LogP contribution in [0, 0.1) is 0 Å². The van der Waals surface area contributed by atoms with Crippen molar-refractivity contribution in [3.8, 4) is 0 Å². The fourth-order valence-corrected chi connectivity index (χ4v) is 4.08. The van der Waals surface area contributed by atoms with Crippen LogP contribution in [0.4, 0.5) is 9.59 Å². The smallest absolute Gasteiger partial charge is 0.418 e. The van der Waals surface area contributed by atoms with Crippen LogP contribution in [0.25, 0.3) is 0 Å². The van der Waals surface area contributed by atoms with Gasteiger partial charge in [-0.05, 0) is 52.9 Å². The number of likely N-dealkylation sites (tertiary alicyclic amines) is 1. The quantitative estimate of drug-likeness (QED) is 0.274. The molecule has 3 aliphatic rings. The maximum absolute atomic E-state index is 11.9. The van der Waals surface area contributed by atoms with E-state index >= 15 is 0 Å². The Kier molecular flexibility index (Phi) is 8.85. The summed E-state index contributed by atoms with van der Waals surface area (Å²) in [5.41, 5.74) is 3.69. The highest BCUT2D eigenvalue weighted by molar-refractivity contribution is 7.80. The molecule has 3 heterocycles. The highest BCUT2D eigenvalue weighted by atomic mass is 32.3. The van der Waals surface area contributed by atoms with Gasteiger partial charge in [-0.25, -0.2) is 9.59 Å². The second-order valence-corrected chi connectivity index (χ2v) is 9.79. The van der Waals surface area contributed by atoms with Gasteiger partial charge >= 0.3 is 22.5 Å². The lowest BCUT2D eigenvalue weighted by Crippen LogP contribution is -2.52. The molecule has 3 aliphatic heterocycles. The van der Waals surface area contributed by atoms with Crippen molar-refractivity contribution in [1.29, 1.82) is 0 Å². The summed E-state index contributed by atoms with van der Waals surface area (Å²) in [7, 11) is -4.81. The molecule has 2 atom stereocenters. The van der Waals surface area contributed by atoms with E-state index in [-0.39, 0.29) is 31.1 Å². The molecule has 0 aromatic heterocycles. The van der Waals surface area contributed by atoms with Gasteiger partial charge in [-0.3, -0.25) is 25.0 Å².